The topological polar surface area (TPSA) is 61.9 Å². The van der Waals surface area contributed by atoms with Crippen LogP contribution in [0.2, 0.25) is 0 Å². The number of rotatable bonds is 5. The van der Waals surface area contributed by atoms with Crippen LogP contribution in [0.5, 0.6) is 0 Å². The minimum Gasteiger partial charge on any atom is -0.333 e. The molecule has 0 spiro atoms. The van der Waals surface area contributed by atoms with Crippen LogP contribution in [-0.4, -0.2) is 20.9 Å². The number of nitrogens with one attached hydrogen (secondary N) is 1. The molecule has 130 valence electrons. The number of thiazole rings is 1. The minimum atomic E-state index is -0.0537. The lowest BCUT2D eigenvalue weighted by atomic mass is 10.3. The van der Waals surface area contributed by atoms with E-state index in [1.165, 1.54) is 11.3 Å². The molecule has 0 bridgehead atoms. The number of carbonyl (C=O) groups excluding carboxylic acids is 1. The lowest BCUT2D eigenvalue weighted by molar-refractivity contribution is -0.115. The third-order valence-electron chi connectivity index (χ3n) is 3.78. The Morgan fingerprint density at radius 3 is 2.65 bits per heavy atom. The number of benzene rings is 2. The van der Waals surface area contributed by atoms with Crippen molar-refractivity contribution in [3.05, 3.63) is 65.7 Å². The van der Waals surface area contributed by atoms with Gasteiger partial charge >= 0.3 is 0 Å². The molecule has 2 aromatic heterocycles. The van der Waals surface area contributed by atoms with Crippen molar-refractivity contribution in [3.63, 3.8) is 0 Å². The van der Waals surface area contributed by atoms with E-state index in [0.717, 1.165) is 27.6 Å². The summed E-state index contributed by atoms with van der Waals surface area (Å²) in [6, 6.07) is 17.5. The van der Waals surface area contributed by atoms with Gasteiger partial charge in [0.1, 0.15) is 0 Å². The quantitative estimate of drug-likeness (QED) is 0.495. The zero-order valence-corrected chi connectivity index (χ0v) is 15.7. The van der Waals surface area contributed by atoms with E-state index in [-0.39, 0.29) is 5.91 Å². The Morgan fingerprint density at radius 1 is 1.12 bits per heavy atom. The van der Waals surface area contributed by atoms with Gasteiger partial charge < -0.3 is 4.98 Å². The van der Waals surface area contributed by atoms with Crippen LogP contribution in [0.15, 0.2) is 65.1 Å². The highest BCUT2D eigenvalue weighted by atomic mass is 32.2. The largest absolute Gasteiger partial charge is 0.333 e. The molecule has 0 aliphatic heterocycles. The number of hydrogen-bond donors (Lipinski definition) is 1. The van der Waals surface area contributed by atoms with Gasteiger partial charge in [-0.2, -0.15) is 0 Å². The standard InChI is InChI=1S/C19H16N4OS2/c1-13(24)23(15-7-3-2-4-8-15)19-20-14(12-26-19)11-25-18-21-16-9-5-6-10-17(16)22-18/h2-10,12H,11H2,1H3,(H,21,22). The third kappa shape index (κ3) is 3.49. The van der Waals surface area contributed by atoms with Crippen molar-refractivity contribution in [2.45, 2.75) is 17.8 Å². The number of imidazole rings is 1. The van der Waals surface area contributed by atoms with Gasteiger partial charge in [0.2, 0.25) is 5.91 Å². The van der Waals surface area contributed by atoms with E-state index in [2.05, 4.69) is 15.0 Å². The Kier molecular flexibility index (Phi) is 4.73. The van der Waals surface area contributed by atoms with Crippen LogP contribution in [0.3, 0.4) is 0 Å². The van der Waals surface area contributed by atoms with Gasteiger partial charge in [-0.25, -0.2) is 9.97 Å². The maximum Gasteiger partial charge on any atom is 0.230 e. The lowest BCUT2D eigenvalue weighted by Gasteiger charge is -2.17. The number of para-hydroxylation sites is 3. The molecule has 4 aromatic rings. The summed E-state index contributed by atoms with van der Waals surface area (Å²) in [5, 5.41) is 3.54. The molecule has 5 nitrogen and oxygen atoms in total. The molecule has 0 fully saturated rings. The number of carbonyl (C=O) groups is 1. The van der Waals surface area contributed by atoms with Gasteiger partial charge in [0.15, 0.2) is 10.3 Å². The predicted octanol–water partition coefficient (Wildman–Crippen LogP) is 5.00. The highest BCUT2D eigenvalue weighted by Gasteiger charge is 2.17. The maximum absolute atomic E-state index is 12.1. The average Bonchev–Trinajstić information content (AvgIpc) is 3.27. The molecule has 0 unspecified atom stereocenters. The summed E-state index contributed by atoms with van der Waals surface area (Å²) in [5.41, 5.74) is 3.74. The molecular weight excluding hydrogens is 364 g/mol. The first-order valence-electron chi connectivity index (χ1n) is 8.08. The Morgan fingerprint density at radius 2 is 1.88 bits per heavy atom. The van der Waals surface area contributed by atoms with E-state index in [1.54, 1.807) is 23.6 Å². The smallest absolute Gasteiger partial charge is 0.230 e. The monoisotopic (exact) mass is 380 g/mol. The molecule has 2 heterocycles. The third-order valence-corrected chi connectivity index (χ3v) is 5.57. The number of aromatic amines is 1. The number of aromatic nitrogens is 3. The van der Waals surface area contributed by atoms with Crippen LogP contribution in [0, 0.1) is 0 Å². The fourth-order valence-corrected chi connectivity index (χ4v) is 4.38. The van der Waals surface area contributed by atoms with Crippen molar-refractivity contribution < 1.29 is 4.79 Å². The first kappa shape index (κ1) is 16.8. The summed E-state index contributed by atoms with van der Waals surface area (Å²) in [7, 11) is 0. The molecule has 0 aliphatic carbocycles. The van der Waals surface area contributed by atoms with Gasteiger partial charge in [0.05, 0.1) is 22.4 Å². The van der Waals surface area contributed by atoms with E-state index in [1.807, 2.05) is 60.0 Å². The van der Waals surface area contributed by atoms with Gasteiger partial charge in [-0.15, -0.1) is 11.3 Å². The predicted molar refractivity (Wildman–Crippen MR) is 107 cm³/mol. The van der Waals surface area contributed by atoms with E-state index in [4.69, 9.17) is 0 Å². The van der Waals surface area contributed by atoms with Crippen molar-refractivity contribution >= 4 is 50.9 Å². The van der Waals surface area contributed by atoms with E-state index < -0.39 is 0 Å². The minimum absolute atomic E-state index is 0.0537. The summed E-state index contributed by atoms with van der Waals surface area (Å²) < 4.78 is 0. The molecule has 2 aromatic carbocycles. The zero-order chi connectivity index (χ0) is 17.9. The maximum atomic E-state index is 12.1. The second kappa shape index (κ2) is 7.31. The van der Waals surface area contributed by atoms with Crippen molar-refractivity contribution in [1.29, 1.82) is 0 Å². The second-order valence-electron chi connectivity index (χ2n) is 5.66. The summed E-state index contributed by atoms with van der Waals surface area (Å²) >= 11 is 3.07. The number of hydrogen-bond acceptors (Lipinski definition) is 5. The lowest BCUT2D eigenvalue weighted by Crippen LogP contribution is -2.22. The van der Waals surface area contributed by atoms with Crippen LogP contribution >= 0.6 is 23.1 Å². The fourth-order valence-electron chi connectivity index (χ4n) is 2.61. The first-order chi connectivity index (χ1) is 12.7. The Labute approximate surface area is 159 Å². The average molecular weight is 380 g/mol. The molecule has 0 radical (unpaired) electrons. The first-order valence-corrected chi connectivity index (χ1v) is 9.95. The second-order valence-corrected chi connectivity index (χ2v) is 7.46. The van der Waals surface area contributed by atoms with Crippen LogP contribution in [0.1, 0.15) is 12.6 Å². The van der Waals surface area contributed by atoms with E-state index in [0.29, 0.717) is 10.9 Å². The number of H-pyrrole nitrogens is 1. The fraction of sp³-hybridized carbons (Fsp3) is 0.105. The summed E-state index contributed by atoms with van der Waals surface area (Å²) in [5.74, 6) is 0.638. The van der Waals surface area contributed by atoms with Crippen LogP contribution in [-0.2, 0) is 10.5 Å². The van der Waals surface area contributed by atoms with Crippen molar-refractivity contribution in [1.82, 2.24) is 15.0 Å². The molecule has 7 heteroatoms. The summed E-state index contributed by atoms with van der Waals surface area (Å²) in [4.78, 5) is 26.2. The summed E-state index contributed by atoms with van der Waals surface area (Å²) in [6.07, 6.45) is 0. The van der Waals surface area contributed by atoms with Crippen LogP contribution in [0.4, 0.5) is 10.8 Å². The molecule has 0 saturated carbocycles. The molecule has 26 heavy (non-hydrogen) atoms. The molecule has 0 atom stereocenters. The number of amides is 1. The molecule has 0 saturated heterocycles. The Balaban J connectivity index is 1.51. The Bertz CT molecular complexity index is 1010. The molecule has 4 rings (SSSR count). The van der Waals surface area contributed by atoms with Crippen molar-refractivity contribution in [3.8, 4) is 0 Å². The molecular formula is C19H16N4OS2. The highest BCUT2D eigenvalue weighted by Crippen LogP contribution is 2.31. The van der Waals surface area contributed by atoms with Gasteiger partial charge in [0, 0.05) is 18.1 Å². The van der Waals surface area contributed by atoms with Crippen molar-refractivity contribution in [2.24, 2.45) is 0 Å². The summed E-state index contributed by atoms with van der Waals surface area (Å²) in [6.45, 7) is 1.55. The molecule has 0 aliphatic rings. The zero-order valence-electron chi connectivity index (χ0n) is 14.0. The van der Waals surface area contributed by atoms with E-state index in [9.17, 15) is 4.79 Å². The Hall–Kier alpha value is -2.64. The number of anilines is 2. The van der Waals surface area contributed by atoms with Gasteiger partial charge in [0.25, 0.3) is 0 Å². The van der Waals surface area contributed by atoms with Gasteiger partial charge in [-0.1, -0.05) is 42.1 Å². The van der Waals surface area contributed by atoms with Crippen molar-refractivity contribution in [2.75, 3.05) is 4.90 Å². The SMILES string of the molecule is CC(=O)N(c1ccccc1)c1nc(CSc2nc3ccccc3[nH]2)cs1. The van der Waals surface area contributed by atoms with Crippen LogP contribution < -0.4 is 4.90 Å². The number of thioether (sulfide) groups is 1. The number of nitrogens with zero attached hydrogens (tertiary/aromatic N) is 3. The van der Waals surface area contributed by atoms with E-state index >= 15 is 0 Å². The number of fused-ring (bicyclic) bond motifs is 1. The highest BCUT2D eigenvalue weighted by molar-refractivity contribution is 7.98. The molecule has 1 amide bonds. The normalized spacial score (nSPS) is 11.0. The van der Waals surface area contributed by atoms with Crippen LogP contribution in [0.25, 0.3) is 11.0 Å². The van der Waals surface area contributed by atoms with Gasteiger partial charge in [-0.3, -0.25) is 9.69 Å². The van der Waals surface area contributed by atoms with Gasteiger partial charge in [-0.05, 0) is 24.3 Å². The molecule has 1 N–H and O–H groups in total.